The lowest BCUT2D eigenvalue weighted by Crippen LogP contribution is -2.22. The number of halogens is 1. The van der Waals surface area contributed by atoms with E-state index in [4.69, 9.17) is 33.3 Å². The zero-order valence-corrected chi connectivity index (χ0v) is 16.8. The fraction of sp³-hybridized carbons (Fsp3) is 0.105. The lowest BCUT2D eigenvalue weighted by molar-refractivity contribution is -0.121. The standard InChI is InChI=1S/C19H14ClNO4S2/c1-21-17(22)16(27-19(21)26)10-11-7-8-14(15(9-11)24-2)25-18(23)12-5-3-4-6-13(12)20/h3-10H,1-2H3/b16-10-. The van der Waals surface area contributed by atoms with Crippen molar-refractivity contribution in [2.45, 2.75) is 0 Å². The second kappa shape index (κ2) is 8.12. The van der Waals surface area contributed by atoms with Crippen LogP contribution in [0, 0.1) is 0 Å². The third-order valence-electron chi connectivity index (χ3n) is 3.77. The molecular weight excluding hydrogens is 406 g/mol. The van der Waals surface area contributed by atoms with Crippen molar-refractivity contribution in [3.63, 3.8) is 0 Å². The third-order valence-corrected chi connectivity index (χ3v) is 5.58. The Morgan fingerprint density at radius 1 is 1.22 bits per heavy atom. The Balaban J connectivity index is 1.85. The van der Waals surface area contributed by atoms with Crippen LogP contribution in [-0.4, -0.2) is 35.3 Å². The van der Waals surface area contributed by atoms with Gasteiger partial charge in [-0.2, -0.15) is 0 Å². The molecule has 0 bridgehead atoms. The van der Waals surface area contributed by atoms with E-state index in [-0.39, 0.29) is 17.2 Å². The van der Waals surface area contributed by atoms with E-state index in [1.165, 1.54) is 23.8 Å². The molecule has 0 radical (unpaired) electrons. The van der Waals surface area contributed by atoms with E-state index >= 15 is 0 Å². The molecule has 8 heteroatoms. The SMILES string of the molecule is COc1cc(/C=C2\SC(=S)N(C)C2=O)ccc1OC(=O)c1ccccc1Cl. The van der Waals surface area contributed by atoms with Gasteiger partial charge < -0.3 is 9.47 Å². The summed E-state index contributed by atoms with van der Waals surface area (Å²) in [5, 5.41) is 0.305. The van der Waals surface area contributed by atoms with Gasteiger partial charge in [-0.1, -0.05) is 53.8 Å². The van der Waals surface area contributed by atoms with Crippen molar-refractivity contribution in [1.29, 1.82) is 0 Å². The number of thiocarbonyl (C=S) groups is 1. The van der Waals surface area contributed by atoms with Crippen molar-refractivity contribution < 1.29 is 19.1 Å². The molecule has 0 aliphatic carbocycles. The molecule has 0 saturated carbocycles. The Morgan fingerprint density at radius 3 is 2.59 bits per heavy atom. The Labute approximate surface area is 170 Å². The van der Waals surface area contributed by atoms with Crippen LogP contribution in [0.5, 0.6) is 11.5 Å². The van der Waals surface area contributed by atoms with E-state index in [9.17, 15) is 9.59 Å². The molecule has 1 saturated heterocycles. The zero-order chi connectivity index (χ0) is 19.6. The number of benzene rings is 2. The van der Waals surface area contributed by atoms with Crippen molar-refractivity contribution in [3.05, 3.63) is 63.5 Å². The fourth-order valence-electron chi connectivity index (χ4n) is 2.34. The number of hydrogen-bond donors (Lipinski definition) is 0. The van der Waals surface area contributed by atoms with E-state index in [2.05, 4.69) is 0 Å². The lowest BCUT2D eigenvalue weighted by atomic mass is 10.1. The number of amides is 1. The van der Waals surface area contributed by atoms with Crippen LogP contribution in [0.2, 0.25) is 5.02 Å². The molecule has 1 fully saturated rings. The first-order valence-electron chi connectivity index (χ1n) is 7.77. The van der Waals surface area contributed by atoms with Gasteiger partial charge in [0.05, 0.1) is 22.6 Å². The molecule has 1 aliphatic rings. The maximum Gasteiger partial charge on any atom is 0.345 e. The Bertz CT molecular complexity index is 974. The van der Waals surface area contributed by atoms with Crippen LogP contribution in [-0.2, 0) is 4.79 Å². The van der Waals surface area contributed by atoms with Crippen molar-refractivity contribution in [3.8, 4) is 11.5 Å². The van der Waals surface area contributed by atoms with Crippen molar-refractivity contribution >= 4 is 57.9 Å². The monoisotopic (exact) mass is 419 g/mol. The van der Waals surface area contributed by atoms with Crippen LogP contribution in [0.4, 0.5) is 0 Å². The van der Waals surface area contributed by atoms with Gasteiger partial charge in [-0.05, 0) is 35.9 Å². The molecule has 0 spiro atoms. The van der Waals surface area contributed by atoms with Crippen LogP contribution in [0.25, 0.3) is 6.08 Å². The summed E-state index contributed by atoms with van der Waals surface area (Å²) in [6.45, 7) is 0. The predicted molar refractivity (Wildman–Crippen MR) is 110 cm³/mol. The van der Waals surface area contributed by atoms with Gasteiger partial charge in [-0.3, -0.25) is 9.69 Å². The lowest BCUT2D eigenvalue weighted by Gasteiger charge is -2.11. The van der Waals surface area contributed by atoms with E-state index in [0.717, 1.165) is 5.56 Å². The third kappa shape index (κ3) is 4.16. The number of rotatable bonds is 4. The predicted octanol–water partition coefficient (Wildman–Crippen LogP) is 4.40. The molecule has 0 unspecified atom stereocenters. The quantitative estimate of drug-likeness (QED) is 0.317. The summed E-state index contributed by atoms with van der Waals surface area (Å²) in [7, 11) is 3.10. The molecule has 5 nitrogen and oxygen atoms in total. The molecule has 0 N–H and O–H groups in total. The van der Waals surface area contributed by atoms with Crippen LogP contribution in [0.1, 0.15) is 15.9 Å². The topological polar surface area (TPSA) is 55.8 Å². The van der Waals surface area contributed by atoms with Gasteiger partial charge in [-0.25, -0.2) is 4.79 Å². The number of hydrogen-bond acceptors (Lipinski definition) is 6. The molecule has 0 atom stereocenters. The molecule has 1 amide bonds. The average Bonchev–Trinajstić information content (AvgIpc) is 2.90. The number of esters is 1. The van der Waals surface area contributed by atoms with Gasteiger partial charge in [0.25, 0.3) is 5.91 Å². The fourth-order valence-corrected chi connectivity index (χ4v) is 3.73. The van der Waals surface area contributed by atoms with Gasteiger partial charge in [-0.15, -0.1) is 0 Å². The van der Waals surface area contributed by atoms with E-state index < -0.39 is 5.97 Å². The number of methoxy groups -OCH3 is 1. The van der Waals surface area contributed by atoms with Gasteiger partial charge in [0.2, 0.25) is 0 Å². The van der Waals surface area contributed by atoms with E-state index in [1.807, 2.05) is 0 Å². The smallest absolute Gasteiger partial charge is 0.345 e. The molecule has 0 aromatic heterocycles. The van der Waals surface area contributed by atoms with Gasteiger partial charge in [0, 0.05) is 7.05 Å². The van der Waals surface area contributed by atoms with Gasteiger partial charge in [0.15, 0.2) is 11.5 Å². The summed E-state index contributed by atoms with van der Waals surface area (Å²) in [5.74, 6) is -0.129. The highest BCUT2D eigenvalue weighted by Crippen LogP contribution is 2.34. The Kier molecular flexibility index (Phi) is 5.84. The molecule has 27 heavy (non-hydrogen) atoms. The zero-order valence-electron chi connectivity index (χ0n) is 14.4. The second-order valence-electron chi connectivity index (χ2n) is 5.52. The summed E-state index contributed by atoms with van der Waals surface area (Å²) in [5.41, 5.74) is 0.982. The minimum Gasteiger partial charge on any atom is -0.493 e. The molecule has 2 aromatic carbocycles. The minimum atomic E-state index is -0.585. The highest BCUT2D eigenvalue weighted by Gasteiger charge is 2.28. The first kappa shape index (κ1) is 19.4. The molecule has 2 aromatic rings. The number of nitrogens with zero attached hydrogens (tertiary/aromatic N) is 1. The van der Waals surface area contributed by atoms with E-state index in [0.29, 0.717) is 20.0 Å². The van der Waals surface area contributed by atoms with Crippen LogP contribution in [0.15, 0.2) is 47.4 Å². The van der Waals surface area contributed by atoms with Crippen LogP contribution >= 0.6 is 35.6 Å². The number of carbonyl (C=O) groups excluding carboxylic acids is 2. The number of ether oxygens (including phenoxy) is 2. The summed E-state index contributed by atoms with van der Waals surface area (Å²) in [4.78, 5) is 26.4. The molecule has 3 rings (SSSR count). The van der Waals surface area contributed by atoms with Crippen molar-refractivity contribution in [2.24, 2.45) is 0 Å². The summed E-state index contributed by atoms with van der Waals surface area (Å²) < 4.78 is 11.2. The second-order valence-corrected chi connectivity index (χ2v) is 7.60. The Hall–Kier alpha value is -2.35. The molecule has 1 aliphatic heterocycles. The molecular formula is C19H14ClNO4S2. The summed E-state index contributed by atoms with van der Waals surface area (Å²) >= 11 is 12.4. The average molecular weight is 420 g/mol. The first-order valence-corrected chi connectivity index (χ1v) is 9.37. The van der Waals surface area contributed by atoms with Crippen molar-refractivity contribution in [1.82, 2.24) is 4.90 Å². The number of likely N-dealkylation sites (N-methyl/N-ethyl adjacent to an activating group) is 1. The summed E-state index contributed by atoms with van der Waals surface area (Å²) in [6, 6.07) is 11.6. The van der Waals surface area contributed by atoms with E-state index in [1.54, 1.807) is 55.6 Å². The molecule has 1 heterocycles. The van der Waals surface area contributed by atoms with Crippen molar-refractivity contribution in [2.75, 3.05) is 14.2 Å². The van der Waals surface area contributed by atoms with Crippen LogP contribution in [0.3, 0.4) is 0 Å². The maximum atomic E-state index is 12.3. The highest BCUT2D eigenvalue weighted by molar-refractivity contribution is 8.26. The van der Waals surface area contributed by atoms with Gasteiger partial charge >= 0.3 is 5.97 Å². The summed E-state index contributed by atoms with van der Waals surface area (Å²) in [6.07, 6.45) is 1.71. The minimum absolute atomic E-state index is 0.154. The Morgan fingerprint density at radius 2 is 1.96 bits per heavy atom. The molecule has 138 valence electrons. The largest absolute Gasteiger partial charge is 0.493 e. The normalized spacial score (nSPS) is 15.4. The van der Waals surface area contributed by atoms with Gasteiger partial charge in [0.1, 0.15) is 4.32 Å². The van der Waals surface area contributed by atoms with Crippen LogP contribution < -0.4 is 9.47 Å². The maximum absolute atomic E-state index is 12.3. The highest BCUT2D eigenvalue weighted by atomic mass is 35.5. The number of thioether (sulfide) groups is 1. The number of carbonyl (C=O) groups is 2. The first-order chi connectivity index (χ1) is 12.9.